The summed E-state index contributed by atoms with van der Waals surface area (Å²) < 4.78 is 10.7. The van der Waals surface area contributed by atoms with Gasteiger partial charge in [-0.05, 0) is 18.2 Å². The molecule has 0 aromatic carbocycles. The monoisotopic (exact) mass is 296 g/mol. The lowest BCUT2D eigenvalue weighted by atomic mass is 10.1. The average Bonchev–Trinajstić information content (AvgIpc) is 3.19. The number of hydrogen-bond donors (Lipinski definition) is 2. The number of carbonyl (C=O) groups excluding carboxylic acids is 2. The first-order valence-electron chi connectivity index (χ1n) is 6.37. The third-order valence-corrected chi connectivity index (χ3v) is 3.25. The second kappa shape index (κ2) is 4.57. The van der Waals surface area contributed by atoms with Gasteiger partial charge in [0.15, 0.2) is 6.04 Å². The van der Waals surface area contributed by atoms with E-state index in [2.05, 4.69) is 26.6 Å². The third-order valence-electron chi connectivity index (χ3n) is 3.25. The molecule has 1 fully saturated rings. The van der Waals surface area contributed by atoms with Crippen LogP contribution in [0.15, 0.2) is 33.1 Å². The highest BCUT2D eigenvalue weighted by molar-refractivity contribution is 6.04. The molecule has 108 valence electrons. The first-order valence-corrected chi connectivity index (χ1v) is 6.37. The highest BCUT2D eigenvalue weighted by Gasteiger charge is 2.34. The topological polar surface area (TPSA) is 110 Å². The summed E-state index contributed by atoms with van der Waals surface area (Å²) in [6.07, 6.45) is 6.39. The molecule has 4 rings (SSSR count). The van der Waals surface area contributed by atoms with E-state index < -0.39 is 18.0 Å². The van der Waals surface area contributed by atoms with E-state index in [4.69, 9.17) is 8.83 Å². The van der Waals surface area contributed by atoms with Crippen LogP contribution in [0.4, 0.5) is 4.79 Å². The zero-order valence-electron chi connectivity index (χ0n) is 11.0. The predicted molar refractivity (Wildman–Crippen MR) is 72.8 cm³/mol. The van der Waals surface area contributed by atoms with Gasteiger partial charge in [-0.1, -0.05) is 0 Å². The second-order valence-corrected chi connectivity index (χ2v) is 4.64. The van der Waals surface area contributed by atoms with E-state index in [1.165, 1.54) is 6.39 Å². The number of fused-ring (bicyclic) bond motifs is 1. The lowest BCUT2D eigenvalue weighted by molar-refractivity contribution is -0.120. The number of imide groups is 1. The smallest absolute Gasteiger partial charge is 0.322 e. The molecular weight excluding hydrogens is 288 g/mol. The molecule has 3 amide bonds. The van der Waals surface area contributed by atoms with Gasteiger partial charge in [-0.15, -0.1) is 15.9 Å². The summed E-state index contributed by atoms with van der Waals surface area (Å²) in [5.74, 6) is 0.788. The van der Waals surface area contributed by atoms with Crippen LogP contribution in [-0.2, 0) is 4.79 Å². The van der Waals surface area contributed by atoms with Crippen LogP contribution in [0.2, 0.25) is 0 Å². The van der Waals surface area contributed by atoms with Crippen molar-refractivity contribution < 1.29 is 18.4 Å². The van der Waals surface area contributed by atoms with E-state index in [9.17, 15) is 9.59 Å². The van der Waals surface area contributed by atoms with E-state index in [0.717, 1.165) is 5.56 Å². The van der Waals surface area contributed by atoms with Crippen LogP contribution in [0.5, 0.6) is 0 Å². The number of furan rings is 1. The van der Waals surface area contributed by atoms with Gasteiger partial charge in [0.05, 0.1) is 5.57 Å². The number of urea groups is 1. The SMILES string of the molecule is O=C1NC(=O)C(c2cc3c(o2)C=C=C(c2nnco2)C=C3)N1. The molecule has 22 heavy (non-hydrogen) atoms. The van der Waals surface area contributed by atoms with Crippen LogP contribution in [0.3, 0.4) is 0 Å². The molecule has 8 nitrogen and oxygen atoms in total. The van der Waals surface area contributed by atoms with E-state index in [1.54, 1.807) is 24.3 Å². The maximum Gasteiger partial charge on any atom is 0.322 e. The first-order chi connectivity index (χ1) is 10.7. The van der Waals surface area contributed by atoms with E-state index in [-0.39, 0.29) is 0 Å². The van der Waals surface area contributed by atoms with Crippen LogP contribution in [-0.4, -0.2) is 22.1 Å². The molecule has 2 aliphatic rings. The Morgan fingerprint density at radius 2 is 2.18 bits per heavy atom. The van der Waals surface area contributed by atoms with Gasteiger partial charge in [0.25, 0.3) is 11.8 Å². The Labute approximate surface area is 123 Å². The molecule has 0 spiro atoms. The Morgan fingerprint density at radius 3 is 2.91 bits per heavy atom. The Kier molecular flexibility index (Phi) is 2.57. The Morgan fingerprint density at radius 1 is 1.27 bits per heavy atom. The van der Waals surface area contributed by atoms with Crippen LogP contribution in [0.1, 0.15) is 29.0 Å². The van der Waals surface area contributed by atoms with Gasteiger partial charge < -0.3 is 14.2 Å². The number of allylic oxidation sites excluding steroid dienone is 2. The molecule has 0 bridgehead atoms. The van der Waals surface area contributed by atoms with Crippen LogP contribution in [0.25, 0.3) is 17.7 Å². The van der Waals surface area contributed by atoms with Crippen molar-refractivity contribution in [2.75, 3.05) is 0 Å². The fourth-order valence-corrected chi connectivity index (χ4v) is 2.23. The first kappa shape index (κ1) is 12.4. The standard InChI is InChI=1S/C14H8N4O4/c19-12-11(16-14(20)17-12)10-5-8-2-1-7(3-4-9(8)22-10)13-18-15-6-21-13/h1-2,4-6,11H,(H2,16,17,19,20). The van der Waals surface area contributed by atoms with Crippen LogP contribution < -0.4 is 10.6 Å². The fraction of sp³-hybridized carbons (Fsp3) is 0.0714. The van der Waals surface area contributed by atoms with Gasteiger partial charge in [-0.3, -0.25) is 10.1 Å². The molecular formula is C14H8N4O4. The van der Waals surface area contributed by atoms with Crippen molar-refractivity contribution in [3.05, 3.63) is 47.2 Å². The van der Waals surface area contributed by atoms with Gasteiger partial charge in [-0.25, -0.2) is 4.79 Å². The predicted octanol–water partition coefficient (Wildman–Crippen LogP) is 1.27. The van der Waals surface area contributed by atoms with E-state index in [0.29, 0.717) is 23.0 Å². The highest BCUT2D eigenvalue weighted by atomic mass is 16.4. The quantitative estimate of drug-likeness (QED) is 0.637. The van der Waals surface area contributed by atoms with Crippen molar-refractivity contribution in [1.82, 2.24) is 20.8 Å². The molecule has 3 heterocycles. The number of nitrogens with zero attached hydrogens (tertiary/aromatic N) is 2. The van der Waals surface area contributed by atoms with E-state index >= 15 is 0 Å². The molecule has 1 aliphatic heterocycles. The lowest BCUT2D eigenvalue weighted by Gasteiger charge is -2.01. The van der Waals surface area contributed by atoms with Gasteiger partial charge >= 0.3 is 6.03 Å². The summed E-state index contributed by atoms with van der Waals surface area (Å²) >= 11 is 0. The summed E-state index contributed by atoms with van der Waals surface area (Å²) in [6, 6.07) is 0.336. The average molecular weight is 296 g/mol. The van der Waals surface area contributed by atoms with Crippen LogP contribution >= 0.6 is 0 Å². The Balaban J connectivity index is 1.70. The molecule has 8 heteroatoms. The van der Waals surface area contributed by atoms with Crippen molar-refractivity contribution in [1.29, 1.82) is 0 Å². The number of nitrogens with one attached hydrogen (secondary N) is 2. The molecule has 1 unspecified atom stereocenters. The van der Waals surface area contributed by atoms with Gasteiger partial charge in [0.2, 0.25) is 6.39 Å². The number of rotatable bonds is 2. The minimum Gasteiger partial charge on any atom is -0.458 e. The third kappa shape index (κ3) is 1.95. The lowest BCUT2D eigenvalue weighted by Crippen LogP contribution is -2.22. The summed E-state index contributed by atoms with van der Waals surface area (Å²) in [7, 11) is 0. The zero-order chi connectivity index (χ0) is 15.1. The minimum absolute atomic E-state index is 0.348. The molecule has 2 aromatic heterocycles. The Bertz CT molecular complexity index is 869. The second-order valence-electron chi connectivity index (χ2n) is 4.64. The molecule has 2 N–H and O–H groups in total. The van der Waals surface area contributed by atoms with Gasteiger partial charge in [0.1, 0.15) is 11.5 Å². The van der Waals surface area contributed by atoms with Crippen LogP contribution in [0, 0.1) is 0 Å². The molecule has 1 aliphatic carbocycles. The van der Waals surface area contributed by atoms with Crippen molar-refractivity contribution >= 4 is 29.7 Å². The molecule has 0 radical (unpaired) electrons. The van der Waals surface area contributed by atoms with Crippen molar-refractivity contribution in [3.63, 3.8) is 0 Å². The number of amides is 3. The minimum atomic E-state index is -0.819. The highest BCUT2D eigenvalue weighted by Crippen LogP contribution is 2.28. The maximum atomic E-state index is 11.6. The summed E-state index contributed by atoms with van der Waals surface area (Å²) in [4.78, 5) is 22.8. The largest absolute Gasteiger partial charge is 0.458 e. The van der Waals surface area contributed by atoms with Gasteiger partial charge in [-0.2, -0.15) is 0 Å². The summed E-state index contributed by atoms with van der Waals surface area (Å²) in [5.41, 5.74) is 4.37. The number of hydrogen-bond acceptors (Lipinski definition) is 6. The maximum absolute atomic E-state index is 11.6. The Hall–Kier alpha value is -3.38. The molecule has 1 atom stereocenters. The number of aromatic nitrogens is 2. The van der Waals surface area contributed by atoms with Crippen molar-refractivity contribution in [2.24, 2.45) is 0 Å². The van der Waals surface area contributed by atoms with Gasteiger partial charge in [0, 0.05) is 11.6 Å². The molecule has 0 saturated carbocycles. The molecule has 1 saturated heterocycles. The summed E-state index contributed by atoms with van der Waals surface area (Å²) in [6.45, 7) is 0. The fourth-order valence-electron chi connectivity index (χ4n) is 2.23. The van der Waals surface area contributed by atoms with Crippen molar-refractivity contribution in [2.45, 2.75) is 6.04 Å². The van der Waals surface area contributed by atoms with E-state index in [1.807, 2.05) is 0 Å². The molecule has 2 aromatic rings. The summed E-state index contributed by atoms with van der Waals surface area (Å²) in [5, 5.41) is 12.1. The van der Waals surface area contributed by atoms with Crippen molar-refractivity contribution in [3.8, 4) is 0 Å². The number of carbonyl (C=O) groups is 2. The zero-order valence-corrected chi connectivity index (χ0v) is 11.0. The normalized spacial score (nSPS) is 19.5.